The van der Waals surface area contributed by atoms with Crippen molar-refractivity contribution < 1.29 is 29.6 Å². The molecule has 0 radical (unpaired) electrons. The summed E-state index contributed by atoms with van der Waals surface area (Å²) in [6, 6.07) is 0. The van der Waals surface area contributed by atoms with Crippen LogP contribution in [0.15, 0.2) is 0 Å². The number of ether oxygens (including phenoxy) is 2. The zero-order valence-electron chi connectivity index (χ0n) is 7.08. The van der Waals surface area contributed by atoms with Crippen LogP contribution in [0.3, 0.4) is 0 Å². The normalized spacial score (nSPS) is 40.0. The lowest BCUT2D eigenvalue weighted by Crippen LogP contribution is -2.54. The molecule has 1 aliphatic heterocycles. The van der Waals surface area contributed by atoms with Crippen LogP contribution in [-0.4, -0.2) is 52.5 Å². The number of rotatable bonds is 1. The predicted molar refractivity (Wildman–Crippen MR) is 39.5 cm³/mol. The zero-order valence-corrected chi connectivity index (χ0v) is 7.08. The van der Waals surface area contributed by atoms with Crippen LogP contribution in [0.25, 0.3) is 0 Å². The lowest BCUT2D eigenvalue weighted by molar-refractivity contribution is -0.261. The highest BCUT2D eigenvalue weighted by Crippen LogP contribution is 2.16. The Balaban J connectivity index is 2.53. The average Bonchev–Trinajstić information content (AvgIpc) is 2.06. The van der Waals surface area contributed by atoms with E-state index in [1.54, 1.807) is 0 Å². The summed E-state index contributed by atoms with van der Waals surface area (Å²) in [5, 5.41) is 27.4. The maximum absolute atomic E-state index is 10.5. The molecule has 4 atom stereocenters. The van der Waals surface area contributed by atoms with Gasteiger partial charge in [-0.05, 0) is 0 Å². The third-order valence-electron chi connectivity index (χ3n) is 1.74. The number of aliphatic hydroxyl groups excluding tert-OH is 3. The summed E-state index contributed by atoms with van der Waals surface area (Å²) in [4.78, 5) is 10.5. The van der Waals surface area contributed by atoms with Gasteiger partial charge in [0.25, 0.3) is 0 Å². The highest BCUT2D eigenvalue weighted by Gasteiger charge is 2.39. The van der Waals surface area contributed by atoms with Gasteiger partial charge in [-0.3, -0.25) is 4.79 Å². The zero-order chi connectivity index (χ0) is 10.0. The third-order valence-corrected chi connectivity index (χ3v) is 1.74. The Kier molecular flexibility index (Phi) is 3.21. The highest BCUT2D eigenvalue weighted by molar-refractivity contribution is 5.66. The molecule has 1 aliphatic rings. The van der Waals surface area contributed by atoms with E-state index in [1.807, 2.05) is 0 Å². The molecule has 1 heterocycles. The Morgan fingerprint density at radius 2 is 2.00 bits per heavy atom. The number of hydrogen-bond acceptors (Lipinski definition) is 6. The molecule has 0 aromatic heterocycles. The van der Waals surface area contributed by atoms with Crippen LogP contribution in [0, 0.1) is 0 Å². The van der Waals surface area contributed by atoms with Crippen LogP contribution >= 0.6 is 0 Å². The van der Waals surface area contributed by atoms with Crippen LogP contribution in [0.2, 0.25) is 0 Å². The molecule has 0 spiro atoms. The summed E-state index contributed by atoms with van der Waals surface area (Å²) in [5.74, 6) is -0.618. The monoisotopic (exact) mass is 192 g/mol. The smallest absolute Gasteiger partial charge is 0.305 e. The van der Waals surface area contributed by atoms with E-state index in [0.717, 1.165) is 6.92 Å². The Bertz CT molecular complexity index is 193. The molecule has 6 nitrogen and oxygen atoms in total. The first-order valence-corrected chi connectivity index (χ1v) is 3.85. The summed E-state index contributed by atoms with van der Waals surface area (Å²) in [6.45, 7) is 0.990. The molecule has 1 saturated heterocycles. The first-order valence-electron chi connectivity index (χ1n) is 3.85. The van der Waals surface area contributed by atoms with Crippen LogP contribution in [0.5, 0.6) is 0 Å². The molecule has 0 aromatic rings. The van der Waals surface area contributed by atoms with Crippen LogP contribution in [0.1, 0.15) is 6.92 Å². The summed E-state index contributed by atoms with van der Waals surface area (Å²) < 4.78 is 9.32. The number of aliphatic hydroxyl groups is 3. The molecule has 13 heavy (non-hydrogen) atoms. The van der Waals surface area contributed by atoms with Gasteiger partial charge in [0.1, 0.15) is 18.3 Å². The fourth-order valence-corrected chi connectivity index (χ4v) is 1.05. The van der Waals surface area contributed by atoms with Crippen LogP contribution < -0.4 is 0 Å². The third kappa shape index (κ3) is 2.38. The maximum atomic E-state index is 10.5. The van der Waals surface area contributed by atoms with Crippen LogP contribution in [0.4, 0.5) is 0 Å². The minimum absolute atomic E-state index is 0.170. The van der Waals surface area contributed by atoms with Crippen molar-refractivity contribution >= 4 is 5.97 Å². The summed E-state index contributed by atoms with van der Waals surface area (Å²) >= 11 is 0. The van der Waals surface area contributed by atoms with E-state index in [9.17, 15) is 9.90 Å². The SMILES string of the molecule is CC(=O)OC1OC[C@@H](O)[C@H](O)[C@H]1O. The average molecular weight is 192 g/mol. The van der Waals surface area contributed by atoms with E-state index in [0.29, 0.717) is 0 Å². The number of hydrogen-bond donors (Lipinski definition) is 3. The molecule has 0 amide bonds. The first kappa shape index (κ1) is 10.4. The molecule has 0 bridgehead atoms. The summed E-state index contributed by atoms with van der Waals surface area (Å²) in [5.41, 5.74) is 0. The van der Waals surface area contributed by atoms with Gasteiger partial charge in [0.15, 0.2) is 0 Å². The van der Waals surface area contributed by atoms with Crippen molar-refractivity contribution in [3.63, 3.8) is 0 Å². The van der Waals surface area contributed by atoms with Gasteiger partial charge in [-0.2, -0.15) is 0 Å². The lowest BCUT2D eigenvalue weighted by atomic mass is 10.1. The van der Waals surface area contributed by atoms with E-state index < -0.39 is 30.6 Å². The molecule has 3 N–H and O–H groups in total. The lowest BCUT2D eigenvalue weighted by Gasteiger charge is -2.34. The maximum Gasteiger partial charge on any atom is 0.305 e. The molecule has 1 unspecified atom stereocenters. The van der Waals surface area contributed by atoms with E-state index in [-0.39, 0.29) is 6.61 Å². The van der Waals surface area contributed by atoms with Gasteiger partial charge in [0, 0.05) is 6.92 Å². The van der Waals surface area contributed by atoms with Gasteiger partial charge in [0.05, 0.1) is 6.61 Å². The minimum Gasteiger partial charge on any atom is -0.433 e. The fraction of sp³-hybridized carbons (Fsp3) is 0.857. The van der Waals surface area contributed by atoms with E-state index in [4.69, 9.17) is 14.9 Å². The van der Waals surface area contributed by atoms with Gasteiger partial charge in [-0.15, -0.1) is 0 Å². The Morgan fingerprint density at radius 1 is 1.38 bits per heavy atom. The highest BCUT2D eigenvalue weighted by atomic mass is 16.7. The Hall–Kier alpha value is -0.690. The molecule has 1 fully saturated rings. The summed E-state index contributed by atoms with van der Waals surface area (Å²) in [6.07, 6.45) is -5.11. The van der Waals surface area contributed by atoms with Gasteiger partial charge < -0.3 is 24.8 Å². The second-order valence-corrected chi connectivity index (χ2v) is 2.86. The van der Waals surface area contributed by atoms with Gasteiger partial charge in [-0.1, -0.05) is 0 Å². The van der Waals surface area contributed by atoms with Crippen molar-refractivity contribution in [1.82, 2.24) is 0 Å². The molecule has 1 rings (SSSR count). The molecule has 0 aromatic carbocycles. The molecular weight excluding hydrogens is 180 g/mol. The van der Waals surface area contributed by atoms with Crippen molar-refractivity contribution in [2.75, 3.05) is 6.61 Å². The van der Waals surface area contributed by atoms with Gasteiger partial charge >= 0.3 is 5.97 Å². The minimum atomic E-state index is -1.41. The van der Waals surface area contributed by atoms with Crippen molar-refractivity contribution in [2.24, 2.45) is 0 Å². The number of esters is 1. The van der Waals surface area contributed by atoms with Crippen molar-refractivity contribution in [3.05, 3.63) is 0 Å². The predicted octanol–water partition coefficient (Wildman–Crippen LogP) is -2.01. The van der Waals surface area contributed by atoms with E-state index in [2.05, 4.69) is 4.74 Å². The van der Waals surface area contributed by atoms with E-state index in [1.165, 1.54) is 0 Å². The van der Waals surface area contributed by atoms with E-state index >= 15 is 0 Å². The summed E-state index contributed by atoms with van der Waals surface area (Å²) in [7, 11) is 0. The number of carbonyl (C=O) groups is 1. The van der Waals surface area contributed by atoms with Gasteiger partial charge in [0.2, 0.25) is 6.29 Å². The Labute approximate surface area is 74.7 Å². The Morgan fingerprint density at radius 3 is 2.54 bits per heavy atom. The topological polar surface area (TPSA) is 96.2 Å². The number of carbonyl (C=O) groups excluding carboxylic acids is 1. The second-order valence-electron chi connectivity index (χ2n) is 2.86. The molecule has 0 aliphatic carbocycles. The standard InChI is InChI=1S/C7H12O6/c1-3(8)13-7-6(11)5(10)4(9)2-12-7/h4-7,9-11H,2H2,1H3/t4-,5+,6-,7?/m1/s1. The molecular formula is C7H12O6. The first-order chi connectivity index (χ1) is 6.02. The van der Waals surface area contributed by atoms with Crippen molar-refractivity contribution in [3.8, 4) is 0 Å². The largest absolute Gasteiger partial charge is 0.433 e. The van der Waals surface area contributed by atoms with Crippen molar-refractivity contribution in [2.45, 2.75) is 31.5 Å². The fourth-order valence-electron chi connectivity index (χ4n) is 1.05. The molecule has 6 heteroatoms. The van der Waals surface area contributed by atoms with Gasteiger partial charge in [-0.25, -0.2) is 0 Å². The quantitative estimate of drug-likeness (QED) is 0.415. The second kappa shape index (κ2) is 4.01. The van der Waals surface area contributed by atoms with Crippen molar-refractivity contribution in [1.29, 1.82) is 0 Å². The molecule has 76 valence electrons. The van der Waals surface area contributed by atoms with Crippen LogP contribution in [-0.2, 0) is 14.3 Å². The molecule has 0 saturated carbocycles.